The molecule has 0 unspecified atom stereocenters. The van der Waals surface area contributed by atoms with Crippen molar-refractivity contribution in [1.29, 1.82) is 0 Å². The van der Waals surface area contributed by atoms with Crippen molar-refractivity contribution in [2.24, 2.45) is 0 Å². The van der Waals surface area contributed by atoms with Crippen molar-refractivity contribution in [1.82, 2.24) is 9.88 Å². The van der Waals surface area contributed by atoms with Crippen LogP contribution in [0.3, 0.4) is 0 Å². The zero-order valence-corrected chi connectivity index (χ0v) is 12.3. The first-order valence-corrected chi connectivity index (χ1v) is 7.51. The number of aryl methyl sites for hydroxylation is 1. The number of carbonyl (C=O) groups is 1. The molecule has 20 heavy (non-hydrogen) atoms. The van der Waals surface area contributed by atoms with E-state index in [-0.39, 0.29) is 5.78 Å². The summed E-state index contributed by atoms with van der Waals surface area (Å²) in [5, 5.41) is 1.06. The van der Waals surface area contributed by atoms with Gasteiger partial charge in [0.2, 0.25) is 0 Å². The molecule has 3 heteroatoms. The molecule has 1 fully saturated rings. The molecule has 1 aromatic heterocycles. The van der Waals surface area contributed by atoms with Crippen LogP contribution in [0.5, 0.6) is 0 Å². The highest BCUT2D eigenvalue weighted by Gasteiger charge is 2.23. The SMILES string of the molecule is Cc1[nH]c2ccccc2c1C(=O)CN1CCCC[C@@H]1C. The van der Waals surface area contributed by atoms with E-state index in [1.165, 1.54) is 19.3 Å². The maximum atomic E-state index is 12.7. The Morgan fingerprint density at radius 1 is 1.35 bits per heavy atom. The summed E-state index contributed by atoms with van der Waals surface area (Å²) >= 11 is 0. The smallest absolute Gasteiger partial charge is 0.179 e. The standard InChI is InChI=1S/C17H22N2O/c1-12-7-5-6-10-19(12)11-16(20)17-13(2)18-15-9-4-3-8-14(15)17/h3-4,8-9,12,18H,5-7,10-11H2,1-2H3/t12-/m0/s1. The largest absolute Gasteiger partial charge is 0.358 e. The fourth-order valence-electron chi connectivity index (χ4n) is 3.29. The van der Waals surface area contributed by atoms with Crippen molar-refractivity contribution < 1.29 is 4.79 Å². The molecule has 2 heterocycles. The summed E-state index contributed by atoms with van der Waals surface area (Å²) < 4.78 is 0. The first kappa shape index (κ1) is 13.4. The Morgan fingerprint density at radius 3 is 2.95 bits per heavy atom. The summed E-state index contributed by atoms with van der Waals surface area (Å²) in [5.74, 6) is 0.244. The molecule has 0 aliphatic carbocycles. The highest BCUT2D eigenvalue weighted by atomic mass is 16.1. The molecule has 1 aliphatic rings. The number of aromatic amines is 1. The molecule has 0 saturated carbocycles. The van der Waals surface area contributed by atoms with Gasteiger partial charge in [0.15, 0.2) is 5.78 Å². The van der Waals surface area contributed by atoms with Crippen molar-refractivity contribution in [3.8, 4) is 0 Å². The summed E-state index contributed by atoms with van der Waals surface area (Å²) in [6.45, 7) is 5.82. The number of hydrogen-bond donors (Lipinski definition) is 1. The maximum Gasteiger partial charge on any atom is 0.179 e. The quantitative estimate of drug-likeness (QED) is 0.866. The molecule has 1 aromatic carbocycles. The molecule has 1 saturated heterocycles. The lowest BCUT2D eigenvalue weighted by atomic mass is 10.0. The Kier molecular flexibility index (Phi) is 3.62. The van der Waals surface area contributed by atoms with Crippen molar-refractivity contribution in [3.05, 3.63) is 35.5 Å². The van der Waals surface area contributed by atoms with Gasteiger partial charge >= 0.3 is 0 Å². The van der Waals surface area contributed by atoms with E-state index < -0.39 is 0 Å². The molecule has 0 bridgehead atoms. The van der Waals surface area contributed by atoms with Gasteiger partial charge in [-0.15, -0.1) is 0 Å². The van der Waals surface area contributed by atoms with Crippen LogP contribution in [0.1, 0.15) is 42.2 Å². The molecule has 3 nitrogen and oxygen atoms in total. The molecular formula is C17H22N2O. The molecule has 1 aliphatic heterocycles. The first-order chi connectivity index (χ1) is 9.66. The number of nitrogens with zero attached hydrogens (tertiary/aromatic N) is 1. The molecule has 1 atom stereocenters. The van der Waals surface area contributed by atoms with Gasteiger partial charge in [0.25, 0.3) is 0 Å². The van der Waals surface area contributed by atoms with E-state index in [0.29, 0.717) is 12.6 Å². The van der Waals surface area contributed by atoms with Gasteiger partial charge in [-0.2, -0.15) is 0 Å². The maximum absolute atomic E-state index is 12.7. The van der Waals surface area contributed by atoms with Crippen LogP contribution in [0.15, 0.2) is 24.3 Å². The van der Waals surface area contributed by atoms with E-state index in [0.717, 1.165) is 28.7 Å². The average molecular weight is 270 g/mol. The van der Waals surface area contributed by atoms with Gasteiger partial charge in [0, 0.05) is 28.2 Å². The molecule has 2 aromatic rings. The number of ketones is 1. The third-order valence-electron chi connectivity index (χ3n) is 4.46. The van der Waals surface area contributed by atoms with E-state index in [1.54, 1.807) is 0 Å². The number of para-hydroxylation sites is 1. The minimum atomic E-state index is 0.244. The predicted octanol–water partition coefficient (Wildman–Crippen LogP) is 3.53. The lowest BCUT2D eigenvalue weighted by Gasteiger charge is -2.32. The van der Waals surface area contributed by atoms with Gasteiger partial charge in [-0.25, -0.2) is 0 Å². The Morgan fingerprint density at radius 2 is 2.15 bits per heavy atom. The summed E-state index contributed by atoms with van der Waals surface area (Å²) in [6.07, 6.45) is 3.71. The number of Topliss-reactive ketones (excluding diaryl/α,β-unsaturated/α-hetero) is 1. The third-order valence-corrected chi connectivity index (χ3v) is 4.46. The van der Waals surface area contributed by atoms with Crippen molar-refractivity contribution in [2.45, 2.75) is 39.2 Å². The fourth-order valence-corrected chi connectivity index (χ4v) is 3.29. The van der Waals surface area contributed by atoms with Crippen molar-refractivity contribution in [3.63, 3.8) is 0 Å². The second-order valence-electron chi connectivity index (χ2n) is 5.91. The molecular weight excluding hydrogens is 248 g/mol. The zero-order valence-electron chi connectivity index (χ0n) is 12.3. The Hall–Kier alpha value is -1.61. The minimum absolute atomic E-state index is 0.244. The lowest BCUT2D eigenvalue weighted by molar-refractivity contribution is 0.0861. The van der Waals surface area contributed by atoms with Crippen LogP contribution < -0.4 is 0 Å². The van der Waals surface area contributed by atoms with Crippen LogP contribution in [0.2, 0.25) is 0 Å². The van der Waals surface area contributed by atoms with Gasteiger partial charge in [-0.1, -0.05) is 24.6 Å². The molecule has 3 rings (SSSR count). The minimum Gasteiger partial charge on any atom is -0.358 e. The number of hydrogen-bond acceptors (Lipinski definition) is 2. The molecule has 0 amide bonds. The van der Waals surface area contributed by atoms with Crippen LogP contribution in [0, 0.1) is 6.92 Å². The zero-order chi connectivity index (χ0) is 14.1. The Bertz CT molecular complexity index is 629. The number of piperidine rings is 1. The van der Waals surface area contributed by atoms with Gasteiger partial charge < -0.3 is 4.98 Å². The third kappa shape index (κ3) is 2.38. The van der Waals surface area contributed by atoms with Crippen LogP contribution in [0.25, 0.3) is 10.9 Å². The summed E-state index contributed by atoms with van der Waals surface area (Å²) in [5.41, 5.74) is 2.92. The average Bonchev–Trinajstić information content (AvgIpc) is 2.77. The molecule has 1 N–H and O–H groups in total. The number of aromatic nitrogens is 1. The van der Waals surface area contributed by atoms with Gasteiger partial charge in [0.05, 0.1) is 6.54 Å². The topological polar surface area (TPSA) is 36.1 Å². The van der Waals surface area contributed by atoms with Crippen molar-refractivity contribution >= 4 is 16.7 Å². The van der Waals surface area contributed by atoms with E-state index in [1.807, 2.05) is 31.2 Å². The fraction of sp³-hybridized carbons (Fsp3) is 0.471. The molecule has 0 spiro atoms. The summed E-state index contributed by atoms with van der Waals surface area (Å²) in [6, 6.07) is 8.59. The van der Waals surface area contributed by atoms with E-state index >= 15 is 0 Å². The number of nitrogens with one attached hydrogen (secondary N) is 1. The van der Waals surface area contributed by atoms with Crippen LogP contribution >= 0.6 is 0 Å². The Labute approximate surface area is 120 Å². The van der Waals surface area contributed by atoms with Gasteiger partial charge in [0.1, 0.15) is 0 Å². The monoisotopic (exact) mass is 270 g/mol. The normalized spacial score (nSPS) is 20.4. The Balaban J connectivity index is 1.87. The van der Waals surface area contributed by atoms with Crippen LogP contribution in [0.4, 0.5) is 0 Å². The second kappa shape index (κ2) is 5.41. The lowest BCUT2D eigenvalue weighted by Crippen LogP contribution is -2.40. The number of H-pyrrole nitrogens is 1. The van der Waals surface area contributed by atoms with Crippen LogP contribution in [-0.4, -0.2) is 34.8 Å². The molecule has 0 radical (unpaired) electrons. The predicted molar refractivity (Wildman–Crippen MR) is 82.3 cm³/mol. The van der Waals surface area contributed by atoms with Crippen molar-refractivity contribution in [2.75, 3.05) is 13.1 Å². The highest BCUT2D eigenvalue weighted by molar-refractivity contribution is 6.10. The van der Waals surface area contributed by atoms with E-state index in [2.05, 4.69) is 16.8 Å². The summed E-state index contributed by atoms with van der Waals surface area (Å²) in [4.78, 5) is 18.3. The summed E-state index contributed by atoms with van der Waals surface area (Å²) in [7, 11) is 0. The number of benzene rings is 1. The first-order valence-electron chi connectivity index (χ1n) is 7.51. The molecule has 106 valence electrons. The highest BCUT2D eigenvalue weighted by Crippen LogP contribution is 2.24. The van der Waals surface area contributed by atoms with Gasteiger partial charge in [-0.05, 0) is 39.3 Å². The number of carbonyl (C=O) groups excluding carboxylic acids is 1. The van der Waals surface area contributed by atoms with Gasteiger partial charge in [-0.3, -0.25) is 9.69 Å². The second-order valence-corrected chi connectivity index (χ2v) is 5.91. The van der Waals surface area contributed by atoms with E-state index in [4.69, 9.17) is 0 Å². The number of likely N-dealkylation sites (tertiary alicyclic amines) is 1. The number of fused-ring (bicyclic) bond motifs is 1. The number of rotatable bonds is 3. The van der Waals surface area contributed by atoms with Crippen LogP contribution in [-0.2, 0) is 0 Å². The van der Waals surface area contributed by atoms with E-state index in [9.17, 15) is 4.79 Å².